The lowest BCUT2D eigenvalue weighted by atomic mass is 10.2. The molecule has 2 heterocycles. The van der Waals surface area contributed by atoms with Crippen molar-refractivity contribution < 1.29 is 13.2 Å². The average molecular weight is 260 g/mol. The van der Waals surface area contributed by atoms with E-state index in [1.54, 1.807) is 19.3 Å². The Morgan fingerprint density at radius 1 is 1.62 bits per heavy atom. The molecule has 7 heteroatoms. The van der Waals surface area contributed by atoms with Crippen LogP contribution in [-0.4, -0.2) is 48.2 Å². The first-order chi connectivity index (χ1) is 7.49. The maximum atomic E-state index is 11.9. The van der Waals surface area contributed by atoms with E-state index in [0.29, 0.717) is 11.3 Å². The van der Waals surface area contributed by atoms with E-state index in [1.807, 2.05) is 0 Å². The third kappa shape index (κ3) is 2.25. The quantitative estimate of drug-likeness (QED) is 0.772. The summed E-state index contributed by atoms with van der Waals surface area (Å²) in [4.78, 5) is 14.0. The number of rotatable bonds is 2. The maximum absolute atomic E-state index is 11.9. The molecule has 0 saturated carbocycles. The Morgan fingerprint density at radius 2 is 2.38 bits per heavy atom. The molecule has 1 amide bonds. The van der Waals surface area contributed by atoms with Crippen molar-refractivity contribution in [2.75, 3.05) is 18.6 Å². The van der Waals surface area contributed by atoms with Gasteiger partial charge in [0.25, 0.3) is 5.91 Å². The topological polar surface area (TPSA) is 67.3 Å². The van der Waals surface area contributed by atoms with Crippen LogP contribution in [0.4, 0.5) is 0 Å². The second-order valence-corrected chi connectivity index (χ2v) is 6.91. The third-order valence-corrected chi connectivity index (χ3v) is 5.21. The number of carbonyl (C=O) groups excluding carboxylic acids is 1. The van der Waals surface area contributed by atoms with Crippen LogP contribution in [0.2, 0.25) is 0 Å². The van der Waals surface area contributed by atoms with Gasteiger partial charge in [0.15, 0.2) is 9.84 Å². The van der Waals surface area contributed by atoms with Gasteiger partial charge < -0.3 is 4.90 Å². The van der Waals surface area contributed by atoms with Crippen LogP contribution in [0.5, 0.6) is 0 Å². The number of amides is 1. The molecule has 1 fully saturated rings. The molecular weight excluding hydrogens is 248 g/mol. The van der Waals surface area contributed by atoms with Crippen molar-refractivity contribution in [3.8, 4) is 0 Å². The molecule has 16 heavy (non-hydrogen) atoms. The van der Waals surface area contributed by atoms with Gasteiger partial charge >= 0.3 is 0 Å². The van der Waals surface area contributed by atoms with Crippen molar-refractivity contribution in [2.24, 2.45) is 0 Å². The normalized spacial score (nSPS) is 23.2. The highest BCUT2D eigenvalue weighted by Crippen LogP contribution is 2.19. The fraction of sp³-hybridized carbons (Fsp3) is 0.556. The molecule has 0 aromatic carbocycles. The van der Waals surface area contributed by atoms with E-state index < -0.39 is 9.84 Å². The first kappa shape index (κ1) is 11.5. The molecule has 2 rings (SSSR count). The lowest BCUT2D eigenvalue weighted by Gasteiger charge is -2.22. The van der Waals surface area contributed by atoms with Gasteiger partial charge in [0, 0.05) is 19.3 Å². The molecule has 0 aliphatic carbocycles. The SMILES string of the molecule is CN(C(=O)c1ccns1)C1CCS(=O)(=O)C1. The number of sulfone groups is 1. The minimum Gasteiger partial charge on any atom is -0.337 e. The lowest BCUT2D eigenvalue weighted by molar-refractivity contribution is 0.0752. The average Bonchev–Trinajstić information content (AvgIpc) is 2.84. The van der Waals surface area contributed by atoms with E-state index in [9.17, 15) is 13.2 Å². The molecule has 1 aliphatic heterocycles. The van der Waals surface area contributed by atoms with Crippen molar-refractivity contribution >= 4 is 27.3 Å². The van der Waals surface area contributed by atoms with Crippen LogP contribution < -0.4 is 0 Å². The predicted molar refractivity (Wildman–Crippen MR) is 61.3 cm³/mol. The highest BCUT2D eigenvalue weighted by Gasteiger charge is 2.33. The van der Waals surface area contributed by atoms with Gasteiger partial charge in [0.2, 0.25) is 0 Å². The second kappa shape index (κ2) is 4.14. The van der Waals surface area contributed by atoms with Gasteiger partial charge in [-0.3, -0.25) is 4.79 Å². The summed E-state index contributed by atoms with van der Waals surface area (Å²) in [6, 6.07) is 1.45. The molecule has 1 unspecified atom stereocenters. The zero-order chi connectivity index (χ0) is 11.8. The molecule has 0 bridgehead atoms. The zero-order valence-electron chi connectivity index (χ0n) is 8.79. The van der Waals surface area contributed by atoms with E-state index in [-0.39, 0.29) is 23.5 Å². The Balaban J connectivity index is 2.09. The summed E-state index contributed by atoms with van der Waals surface area (Å²) in [7, 11) is -1.30. The smallest absolute Gasteiger partial charge is 0.265 e. The van der Waals surface area contributed by atoms with E-state index in [4.69, 9.17) is 0 Å². The van der Waals surface area contributed by atoms with E-state index in [0.717, 1.165) is 11.5 Å². The van der Waals surface area contributed by atoms with Crippen LogP contribution in [0.15, 0.2) is 12.3 Å². The van der Waals surface area contributed by atoms with Crippen molar-refractivity contribution in [3.05, 3.63) is 17.1 Å². The summed E-state index contributed by atoms with van der Waals surface area (Å²) < 4.78 is 26.5. The van der Waals surface area contributed by atoms with Crippen LogP contribution in [0.25, 0.3) is 0 Å². The van der Waals surface area contributed by atoms with Gasteiger partial charge in [-0.2, -0.15) is 0 Å². The molecule has 1 aromatic rings. The fourth-order valence-corrected chi connectivity index (χ4v) is 4.10. The number of hydrogen-bond acceptors (Lipinski definition) is 5. The molecule has 88 valence electrons. The van der Waals surface area contributed by atoms with E-state index >= 15 is 0 Å². The van der Waals surface area contributed by atoms with Crippen LogP contribution >= 0.6 is 11.5 Å². The zero-order valence-corrected chi connectivity index (χ0v) is 10.4. The maximum Gasteiger partial charge on any atom is 0.265 e. The number of nitrogens with zero attached hydrogens (tertiary/aromatic N) is 2. The molecule has 0 radical (unpaired) electrons. The minimum absolute atomic E-state index is 0.0774. The molecule has 1 atom stereocenters. The Kier molecular flexibility index (Phi) is 2.98. The van der Waals surface area contributed by atoms with Crippen LogP contribution in [0.3, 0.4) is 0 Å². The van der Waals surface area contributed by atoms with Gasteiger partial charge in [0.1, 0.15) is 4.88 Å². The minimum atomic E-state index is -2.95. The molecule has 1 aromatic heterocycles. The standard InChI is InChI=1S/C9H12N2O3S2/c1-11(7-3-5-16(13,14)6-7)9(12)8-2-4-10-15-8/h2,4,7H,3,5-6H2,1H3. The van der Waals surface area contributed by atoms with Gasteiger partial charge in [-0.05, 0) is 24.0 Å². The van der Waals surface area contributed by atoms with Crippen LogP contribution in [-0.2, 0) is 9.84 Å². The molecular formula is C9H12N2O3S2. The predicted octanol–water partition coefficient (Wildman–Crippen LogP) is 0.402. The Hall–Kier alpha value is -0.950. The van der Waals surface area contributed by atoms with Crippen molar-refractivity contribution in [3.63, 3.8) is 0 Å². The fourth-order valence-electron chi connectivity index (χ4n) is 1.75. The molecule has 1 aliphatic rings. The van der Waals surface area contributed by atoms with Gasteiger partial charge in [-0.15, -0.1) is 0 Å². The van der Waals surface area contributed by atoms with Gasteiger partial charge in [-0.25, -0.2) is 12.8 Å². The van der Waals surface area contributed by atoms with Crippen LogP contribution in [0.1, 0.15) is 16.1 Å². The number of aromatic nitrogens is 1. The Labute approximate surface area is 98.2 Å². The lowest BCUT2D eigenvalue weighted by Crippen LogP contribution is -2.37. The molecule has 0 N–H and O–H groups in total. The van der Waals surface area contributed by atoms with Crippen molar-refractivity contribution in [1.82, 2.24) is 9.27 Å². The summed E-state index contributed by atoms with van der Waals surface area (Å²) in [6.45, 7) is 0. The third-order valence-electron chi connectivity index (χ3n) is 2.73. The molecule has 5 nitrogen and oxygen atoms in total. The van der Waals surface area contributed by atoms with Gasteiger partial charge in [0.05, 0.1) is 11.5 Å². The molecule has 0 spiro atoms. The highest BCUT2D eigenvalue weighted by molar-refractivity contribution is 7.91. The number of carbonyl (C=O) groups is 1. The monoisotopic (exact) mass is 260 g/mol. The second-order valence-electron chi connectivity index (χ2n) is 3.85. The van der Waals surface area contributed by atoms with Crippen LogP contribution in [0, 0.1) is 0 Å². The summed E-state index contributed by atoms with van der Waals surface area (Å²) in [6.07, 6.45) is 2.10. The first-order valence-corrected chi connectivity index (χ1v) is 7.47. The highest BCUT2D eigenvalue weighted by atomic mass is 32.2. The Morgan fingerprint density at radius 3 is 2.88 bits per heavy atom. The van der Waals surface area contributed by atoms with E-state index in [2.05, 4.69) is 4.37 Å². The molecule has 1 saturated heterocycles. The summed E-state index contributed by atoms with van der Waals surface area (Å²) >= 11 is 1.13. The van der Waals surface area contributed by atoms with Crippen molar-refractivity contribution in [1.29, 1.82) is 0 Å². The largest absolute Gasteiger partial charge is 0.337 e. The van der Waals surface area contributed by atoms with Gasteiger partial charge in [-0.1, -0.05) is 0 Å². The number of hydrogen-bond donors (Lipinski definition) is 0. The summed E-state index contributed by atoms with van der Waals surface area (Å²) in [5.74, 6) is 0.107. The summed E-state index contributed by atoms with van der Waals surface area (Å²) in [5, 5.41) is 0. The first-order valence-electron chi connectivity index (χ1n) is 4.88. The van der Waals surface area contributed by atoms with E-state index in [1.165, 1.54) is 4.90 Å². The summed E-state index contributed by atoms with van der Waals surface area (Å²) in [5.41, 5.74) is 0. The van der Waals surface area contributed by atoms with Crippen molar-refractivity contribution in [2.45, 2.75) is 12.5 Å². The Bertz CT molecular complexity index is 481.